The van der Waals surface area contributed by atoms with E-state index in [9.17, 15) is 4.79 Å². The molecule has 0 spiro atoms. The molecule has 0 unspecified atom stereocenters. The van der Waals surface area contributed by atoms with Crippen molar-refractivity contribution in [2.75, 3.05) is 32.8 Å². The maximum absolute atomic E-state index is 11.8. The Bertz CT molecular complexity index is 379. The first kappa shape index (κ1) is 16.3. The van der Waals surface area contributed by atoms with Gasteiger partial charge in [-0.15, -0.1) is 0 Å². The third-order valence-electron chi connectivity index (χ3n) is 4.19. The van der Waals surface area contributed by atoms with Gasteiger partial charge in [0.15, 0.2) is 0 Å². The van der Waals surface area contributed by atoms with Crippen molar-refractivity contribution in [3.05, 3.63) is 0 Å². The van der Waals surface area contributed by atoms with Crippen molar-refractivity contribution in [2.45, 2.75) is 51.6 Å². The van der Waals surface area contributed by atoms with Crippen molar-refractivity contribution < 1.29 is 19.2 Å². The predicted octanol–water partition coefficient (Wildman–Crippen LogP) is 0.807. The van der Waals surface area contributed by atoms with E-state index in [-0.39, 0.29) is 18.0 Å². The van der Waals surface area contributed by atoms with Gasteiger partial charge in [-0.25, -0.2) is 0 Å². The van der Waals surface area contributed by atoms with Crippen LogP contribution in [0.4, 0.5) is 0 Å². The van der Waals surface area contributed by atoms with Gasteiger partial charge in [0.1, 0.15) is 12.6 Å². The Morgan fingerprint density at radius 3 is 2.86 bits per heavy atom. The second-order valence-electron chi connectivity index (χ2n) is 6.11. The van der Waals surface area contributed by atoms with E-state index in [1.54, 1.807) is 4.90 Å². The Balaban J connectivity index is 1.65. The van der Waals surface area contributed by atoms with Crippen molar-refractivity contribution in [1.29, 1.82) is 0 Å². The summed E-state index contributed by atoms with van der Waals surface area (Å²) in [6.45, 7) is 6.75. The maximum Gasteiger partial charge on any atom is 0.310 e. The number of carbonyl (C=O) groups is 1. The molecule has 4 heteroatoms. The summed E-state index contributed by atoms with van der Waals surface area (Å²) in [5.74, 6) is 6.27. The van der Waals surface area contributed by atoms with Crippen LogP contribution in [0.15, 0.2) is 0 Å². The monoisotopic (exact) mass is 294 g/mol. The van der Waals surface area contributed by atoms with E-state index >= 15 is 0 Å². The van der Waals surface area contributed by atoms with Gasteiger partial charge in [-0.2, -0.15) is 0 Å². The average Bonchev–Trinajstić information content (AvgIpc) is 2.85. The molecule has 2 fully saturated rings. The minimum Gasteiger partial charge on any atom is -0.460 e. The summed E-state index contributed by atoms with van der Waals surface area (Å²) in [6, 6.07) is 0. The molecule has 1 N–H and O–H groups in total. The van der Waals surface area contributed by atoms with Crippen molar-refractivity contribution in [1.82, 2.24) is 0 Å². The first-order valence-corrected chi connectivity index (χ1v) is 8.37. The molecular formula is C17H28NO3+. The first-order chi connectivity index (χ1) is 10.3. The number of piperidine rings is 1. The zero-order valence-electron chi connectivity index (χ0n) is 13.2. The van der Waals surface area contributed by atoms with Gasteiger partial charge in [-0.05, 0) is 31.6 Å². The molecule has 0 aliphatic carbocycles. The summed E-state index contributed by atoms with van der Waals surface area (Å²) in [5.41, 5.74) is 0. The minimum absolute atomic E-state index is 0.0518. The van der Waals surface area contributed by atoms with Crippen LogP contribution >= 0.6 is 0 Å². The second kappa shape index (κ2) is 9.07. The molecular weight excluding hydrogens is 266 g/mol. The molecule has 0 bridgehead atoms. The Morgan fingerprint density at radius 1 is 1.29 bits per heavy atom. The van der Waals surface area contributed by atoms with E-state index in [1.165, 1.54) is 32.4 Å². The number of rotatable bonds is 6. The lowest BCUT2D eigenvalue weighted by Crippen LogP contribution is -3.12. The van der Waals surface area contributed by atoms with Crippen LogP contribution in [-0.2, 0) is 14.3 Å². The summed E-state index contributed by atoms with van der Waals surface area (Å²) < 4.78 is 10.8. The van der Waals surface area contributed by atoms with Crippen molar-refractivity contribution in [3.63, 3.8) is 0 Å². The van der Waals surface area contributed by atoms with Gasteiger partial charge in [0.25, 0.3) is 0 Å². The third-order valence-corrected chi connectivity index (χ3v) is 4.19. The Hall–Kier alpha value is -1.05. The number of hydrogen-bond acceptors (Lipinski definition) is 3. The molecule has 2 atom stereocenters. The zero-order chi connectivity index (χ0) is 14.9. The molecule has 0 saturated carbocycles. The van der Waals surface area contributed by atoms with Crippen LogP contribution in [0, 0.1) is 17.8 Å². The van der Waals surface area contributed by atoms with Crippen molar-refractivity contribution in [3.8, 4) is 11.8 Å². The quantitative estimate of drug-likeness (QED) is 0.448. The number of likely N-dealkylation sites (tertiary alicyclic amines) is 1. The fourth-order valence-electron chi connectivity index (χ4n) is 2.96. The number of esters is 1. The standard InChI is InChI=1S/C17H27NO3/c1-2-12-20-14-16-13-15(17(19)21-16)8-4-7-11-18-9-5-3-6-10-18/h15-16H,2-3,5-6,8-14H2,1H3/p+1/t15-,16-/m0/s1. The second-order valence-corrected chi connectivity index (χ2v) is 6.11. The smallest absolute Gasteiger partial charge is 0.310 e. The molecule has 2 heterocycles. The van der Waals surface area contributed by atoms with Gasteiger partial charge in [0.2, 0.25) is 0 Å². The van der Waals surface area contributed by atoms with Crippen LogP contribution in [0.3, 0.4) is 0 Å². The van der Waals surface area contributed by atoms with Crippen molar-refractivity contribution in [2.24, 2.45) is 5.92 Å². The zero-order valence-corrected chi connectivity index (χ0v) is 13.2. The topological polar surface area (TPSA) is 40.0 Å². The maximum atomic E-state index is 11.8. The van der Waals surface area contributed by atoms with E-state index in [0.29, 0.717) is 13.0 Å². The van der Waals surface area contributed by atoms with Crippen LogP contribution in [-0.4, -0.2) is 44.9 Å². The highest BCUT2D eigenvalue weighted by atomic mass is 16.6. The number of ether oxygens (including phenoxy) is 2. The van der Waals surface area contributed by atoms with Crippen LogP contribution in [0.1, 0.15) is 45.4 Å². The van der Waals surface area contributed by atoms with E-state index in [1.807, 2.05) is 0 Å². The third kappa shape index (κ3) is 5.68. The lowest BCUT2D eigenvalue weighted by atomic mass is 10.0. The molecule has 0 aromatic rings. The van der Waals surface area contributed by atoms with Crippen LogP contribution < -0.4 is 4.90 Å². The molecule has 0 aromatic heterocycles. The van der Waals surface area contributed by atoms with E-state index in [0.717, 1.165) is 26.0 Å². The van der Waals surface area contributed by atoms with E-state index in [2.05, 4.69) is 18.8 Å². The molecule has 118 valence electrons. The van der Waals surface area contributed by atoms with Crippen LogP contribution in [0.5, 0.6) is 0 Å². The van der Waals surface area contributed by atoms with Gasteiger partial charge in [-0.3, -0.25) is 4.79 Å². The van der Waals surface area contributed by atoms with E-state index < -0.39 is 0 Å². The first-order valence-electron chi connectivity index (χ1n) is 8.37. The highest BCUT2D eigenvalue weighted by Crippen LogP contribution is 2.23. The number of nitrogens with one attached hydrogen (secondary N) is 1. The largest absolute Gasteiger partial charge is 0.460 e. The summed E-state index contributed by atoms with van der Waals surface area (Å²) in [6.07, 6.45) is 6.34. The average molecular weight is 294 g/mol. The summed E-state index contributed by atoms with van der Waals surface area (Å²) in [5, 5.41) is 0. The Kier molecular flexibility index (Phi) is 7.05. The van der Waals surface area contributed by atoms with E-state index in [4.69, 9.17) is 9.47 Å². The van der Waals surface area contributed by atoms with Gasteiger partial charge in [0, 0.05) is 19.4 Å². The fourth-order valence-corrected chi connectivity index (χ4v) is 2.96. The number of carbonyl (C=O) groups excluding carboxylic acids is 1. The van der Waals surface area contributed by atoms with Gasteiger partial charge < -0.3 is 14.4 Å². The SMILES string of the molecule is CCCOC[C@@H]1C[C@H](CC#CC[NH+]2CCCCC2)C(=O)O1. The predicted molar refractivity (Wildman–Crippen MR) is 80.9 cm³/mol. The number of quaternary nitrogens is 1. The molecule has 0 aromatic carbocycles. The number of cyclic esters (lactones) is 1. The van der Waals surface area contributed by atoms with Gasteiger partial charge in [-0.1, -0.05) is 12.8 Å². The normalized spacial score (nSPS) is 26.2. The molecule has 0 amide bonds. The number of hydrogen-bond donors (Lipinski definition) is 1. The van der Waals surface area contributed by atoms with Gasteiger partial charge >= 0.3 is 5.97 Å². The highest BCUT2D eigenvalue weighted by Gasteiger charge is 2.33. The summed E-state index contributed by atoms with van der Waals surface area (Å²) in [4.78, 5) is 13.4. The molecule has 2 rings (SSSR count). The molecule has 2 aliphatic heterocycles. The Labute approximate surface area is 128 Å². The van der Waals surface area contributed by atoms with Crippen LogP contribution in [0.2, 0.25) is 0 Å². The summed E-state index contributed by atoms with van der Waals surface area (Å²) in [7, 11) is 0. The molecule has 4 nitrogen and oxygen atoms in total. The van der Waals surface area contributed by atoms with Crippen molar-refractivity contribution >= 4 is 5.97 Å². The van der Waals surface area contributed by atoms with Crippen LogP contribution in [0.25, 0.3) is 0 Å². The molecule has 21 heavy (non-hydrogen) atoms. The molecule has 2 saturated heterocycles. The lowest BCUT2D eigenvalue weighted by Gasteiger charge is -2.20. The Morgan fingerprint density at radius 2 is 2.10 bits per heavy atom. The minimum atomic E-state index is -0.0975. The van der Waals surface area contributed by atoms with Gasteiger partial charge in [0.05, 0.1) is 25.6 Å². The fraction of sp³-hybridized carbons (Fsp3) is 0.824. The summed E-state index contributed by atoms with van der Waals surface area (Å²) >= 11 is 0. The molecule has 0 radical (unpaired) electrons. The lowest BCUT2D eigenvalue weighted by molar-refractivity contribution is -0.897. The molecule has 2 aliphatic rings. The highest BCUT2D eigenvalue weighted by molar-refractivity contribution is 5.75.